The molecule has 5 rings (SSSR count). The van der Waals surface area contributed by atoms with Crippen molar-refractivity contribution in [2.75, 3.05) is 0 Å². The van der Waals surface area contributed by atoms with Crippen LogP contribution >= 0.6 is 0 Å². The molecule has 42 heavy (non-hydrogen) atoms. The number of hydrogen-bond donors (Lipinski definition) is 1. The summed E-state index contributed by atoms with van der Waals surface area (Å²) in [5, 5.41) is 4.45. The van der Waals surface area contributed by atoms with Crippen LogP contribution < -0.4 is 5.32 Å². The van der Waals surface area contributed by atoms with Gasteiger partial charge < -0.3 is 5.32 Å². The summed E-state index contributed by atoms with van der Waals surface area (Å²) in [6.45, 7) is 1.93. The van der Waals surface area contributed by atoms with E-state index >= 15 is 0 Å². The summed E-state index contributed by atoms with van der Waals surface area (Å²) in [5.41, 5.74) is 3.46. The normalized spacial score (nSPS) is 11.9. The minimum absolute atomic E-state index is 0.0818. The Bertz CT molecular complexity index is 1850. The molecular formula is C33H26F3NO4S. The Morgan fingerprint density at radius 3 is 2.21 bits per heavy atom. The van der Waals surface area contributed by atoms with Crippen molar-refractivity contribution in [3.8, 4) is 11.1 Å². The van der Waals surface area contributed by atoms with Crippen molar-refractivity contribution < 1.29 is 30.6 Å². The van der Waals surface area contributed by atoms with Crippen molar-refractivity contribution in [2.24, 2.45) is 0 Å². The molecule has 0 unspecified atom stereocenters. The second kappa shape index (κ2) is 11.8. The molecule has 0 saturated heterocycles. The number of rotatable bonds is 8. The van der Waals surface area contributed by atoms with E-state index in [0.717, 1.165) is 39.6 Å². The zero-order chi connectivity index (χ0) is 29.9. The predicted octanol–water partition coefficient (Wildman–Crippen LogP) is 7.67. The Balaban J connectivity index is 1.25. The molecule has 0 bridgehead atoms. The summed E-state index contributed by atoms with van der Waals surface area (Å²) >= 11 is 0. The summed E-state index contributed by atoms with van der Waals surface area (Å²) in [7, 11) is -3.91. The molecule has 0 aliphatic carbocycles. The largest absolute Gasteiger partial charge is 0.416 e. The lowest BCUT2D eigenvalue weighted by molar-refractivity contribution is -0.137. The van der Waals surface area contributed by atoms with Crippen LogP contribution in [0.15, 0.2) is 114 Å². The molecule has 9 heteroatoms. The molecule has 0 spiro atoms. The summed E-state index contributed by atoms with van der Waals surface area (Å²) in [6.07, 6.45) is -4.41. The molecule has 5 nitrogen and oxygen atoms in total. The van der Waals surface area contributed by atoms with E-state index < -0.39 is 21.9 Å². The van der Waals surface area contributed by atoms with Crippen LogP contribution in [0, 0.1) is 6.92 Å². The van der Waals surface area contributed by atoms with Crippen LogP contribution in [0.25, 0.3) is 21.9 Å². The topological polar surface area (TPSA) is 72.5 Å². The Labute approximate surface area is 241 Å². The molecule has 214 valence electrons. The second-order valence-corrected chi connectivity index (χ2v) is 11.5. The minimum atomic E-state index is -4.41. The molecule has 5 aromatic carbocycles. The molecule has 1 amide bonds. The van der Waals surface area contributed by atoms with Gasteiger partial charge in [0.2, 0.25) is 0 Å². The first-order valence-corrected chi connectivity index (χ1v) is 14.4. The van der Waals surface area contributed by atoms with Gasteiger partial charge in [0.05, 0.1) is 17.1 Å². The van der Waals surface area contributed by atoms with Crippen molar-refractivity contribution in [1.29, 1.82) is 0 Å². The molecule has 0 atom stereocenters. The maximum atomic E-state index is 13.0. The number of carbonyl (C=O) groups is 1. The van der Waals surface area contributed by atoms with Crippen LogP contribution in [0.5, 0.6) is 0 Å². The molecule has 0 saturated carbocycles. The fourth-order valence-corrected chi connectivity index (χ4v) is 5.44. The van der Waals surface area contributed by atoms with Gasteiger partial charge in [0.1, 0.15) is 0 Å². The van der Waals surface area contributed by atoms with E-state index in [1.54, 1.807) is 54.6 Å². The average molecular weight is 590 g/mol. The van der Waals surface area contributed by atoms with Crippen molar-refractivity contribution in [2.45, 2.75) is 31.1 Å². The third-order valence-electron chi connectivity index (χ3n) is 6.80. The molecule has 1 N–H and O–H groups in total. The Kier molecular flexibility index (Phi) is 8.15. The fraction of sp³-hybridized carbons (Fsp3) is 0.121. The van der Waals surface area contributed by atoms with Crippen LogP contribution in [0.4, 0.5) is 13.2 Å². The first-order chi connectivity index (χ1) is 20.0. The number of hydrogen-bond acceptors (Lipinski definition) is 4. The molecule has 0 aliphatic rings. The van der Waals surface area contributed by atoms with Crippen LogP contribution in [0.3, 0.4) is 0 Å². The quantitative estimate of drug-likeness (QED) is 0.189. The van der Waals surface area contributed by atoms with E-state index in [1.807, 2.05) is 25.1 Å². The highest BCUT2D eigenvalue weighted by Crippen LogP contribution is 2.33. The first kappa shape index (κ1) is 29.0. The van der Waals surface area contributed by atoms with Crippen LogP contribution in [0.1, 0.15) is 32.6 Å². The highest BCUT2D eigenvalue weighted by atomic mass is 32.2. The predicted molar refractivity (Wildman–Crippen MR) is 155 cm³/mol. The monoisotopic (exact) mass is 589 g/mol. The van der Waals surface area contributed by atoms with Gasteiger partial charge in [-0.3, -0.25) is 8.98 Å². The van der Waals surface area contributed by atoms with Crippen molar-refractivity contribution in [3.63, 3.8) is 0 Å². The van der Waals surface area contributed by atoms with Crippen LogP contribution in [-0.4, -0.2) is 14.3 Å². The van der Waals surface area contributed by atoms with Gasteiger partial charge in [-0.2, -0.15) is 21.6 Å². The Morgan fingerprint density at radius 2 is 1.50 bits per heavy atom. The van der Waals surface area contributed by atoms with Gasteiger partial charge in [-0.25, -0.2) is 0 Å². The van der Waals surface area contributed by atoms with E-state index in [-0.39, 0.29) is 24.0 Å². The lowest BCUT2D eigenvalue weighted by Crippen LogP contribution is -2.22. The summed E-state index contributed by atoms with van der Waals surface area (Å²) < 4.78 is 69.1. The van der Waals surface area contributed by atoms with E-state index in [2.05, 4.69) is 5.32 Å². The first-order valence-electron chi connectivity index (χ1n) is 13.0. The number of amides is 1. The van der Waals surface area contributed by atoms with Gasteiger partial charge in [-0.05, 0) is 76.3 Å². The lowest BCUT2D eigenvalue weighted by atomic mass is 9.96. The number of alkyl halides is 3. The number of nitrogens with one attached hydrogen (secondary N) is 1. The van der Waals surface area contributed by atoms with Crippen molar-refractivity contribution in [1.82, 2.24) is 5.32 Å². The Hall–Kier alpha value is -4.47. The highest BCUT2D eigenvalue weighted by molar-refractivity contribution is 7.86. The number of carbonyl (C=O) groups excluding carboxylic acids is 1. The van der Waals surface area contributed by atoms with E-state index in [9.17, 15) is 26.4 Å². The maximum Gasteiger partial charge on any atom is 0.416 e. The molecule has 0 heterocycles. The SMILES string of the molecule is Cc1ccc(S(=O)(=O)OCc2cccc(CNC(=O)c3ccc4c(-c5ccc(C(F)(F)F)cc5)cccc4c3)c2)cc1. The molecule has 0 fully saturated rings. The van der Waals surface area contributed by atoms with Crippen molar-refractivity contribution >= 4 is 26.8 Å². The van der Waals surface area contributed by atoms with E-state index in [1.165, 1.54) is 24.3 Å². The highest BCUT2D eigenvalue weighted by Gasteiger charge is 2.30. The summed E-state index contributed by atoms with van der Waals surface area (Å²) in [4.78, 5) is 13.0. The third kappa shape index (κ3) is 6.70. The van der Waals surface area contributed by atoms with Gasteiger partial charge in [-0.1, -0.05) is 78.4 Å². The summed E-state index contributed by atoms with van der Waals surface area (Å²) in [6, 6.07) is 29.1. The van der Waals surface area contributed by atoms with Crippen LogP contribution in [0.2, 0.25) is 0 Å². The Morgan fingerprint density at radius 1 is 0.810 bits per heavy atom. The van der Waals surface area contributed by atoms with Gasteiger partial charge in [-0.15, -0.1) is 0 Å². The molecule has 0 aliphatic heterocycles. The zero-order valence-electron chi connectivity index (χ0n) is 22.5. The lowest BCUT2D eigenvalue weighted by Gasteiger charge is -2.11. The second-order valence-electron chi connectivity index (χ2n) is 9.85. The maximum absolute atomic E-state index is 13.0. The third-order valence-corrected chi connectivity index (χ3v) is 8.08. The molecule has 0 radical (unpaired) electrons. The number of aryl methyl sites for hydroxylation is 1. The molecule has 5 aromatic rings. The van der Waals surface area contributed by atoms with Gasteiger partial charge >= 0.3 is 6.18 Å². The summed E-state index contributed by atoms with van der Waals surface area (Å²) in [5.74, 6) is -0.305. The fourth-order valence-electron chi connectivity index (χ4n) is 4.55. The number of benzene rings is 5. The van der Waals surface area contributed by atoms with Gasteiger partial charge in [0, 0.05) is 12.1 Å². The van der Waals surface area contributed by atoms with Gasteiger partial charge in [0.15, 0.2) is 0 Å². The van der Waals surface area contributed by atoms with Crippen molar-refractivity contribution in [3.05, 3.63) is 137 Å². The number of fused-ring (bicyclic) bond motifs is 1. The zero-order valence-corrected chi connectivity index (χ0v) is 23.3. The van der Waals surface area contributed by atoms with Crippen LogP contribution in [-0.2, 0) is 33.6 Å². The standard InChI is InChI=1S/C33H26F3NO4S/c1-22-8-15-29(16-9-22)42(39,40)41-21-24-5-2-4-23(18-24)20-37-32(38)27-12-17-31-26(19-27)6-3-7-30(31)25-10-13-28(14-11-25)33(34,35)36/h2-19H,20-21H2,1H3,(H,37,38). The van der Waals surface area contributed by atoms with Gasteiger partial charge in [0.25, 0.3) is 16.0 Å². The van der Waals surface area contributed by atoms with E-state index in [4.69, 9.17) is 4.18 Å². The smallest absolute Gasteiger partial charge is 0.348 e. The minimum Gasteiger partial charge on any atom is -0.348 e. The molecule has 0 aromatic heterocycles. The number of halogens is 3. The van der Waals surface area contributed by atoms with E-state index in [0.29, 0.717) is 16.7 Å². The average Bonchev–Trinajstić information content (AvgIpc) is 2.98. The molecular weight excluding hydrogens is 563 g/mol.